The maximum absolute atomic E-state index is 12.1. The highest BCUT2D eigenvalue weighted by molar-refractivity contribution is 7.12. The number of thiophene rings is 1. The van der Waals surface area contributed by atoms with Gasteiger partial charge < -0.3 is 14.8 Å². The number of anilines is 1. The van der Waals surface area contributed by atoms with Gasteiger partial charge in [0.1, 0.15) is 10.6 Å². The average molecular weight is 384 g/mol. The first-order valence-electron chi connectivity index (χ1n) is 7.57. The van der Waals surface area contributed by atoms with Gasteiger partial charge >= 0.3 is 12.6 Å². The third-order valence-corrected chi connectivity index (χ3v) is 4.22. The summed E-state index contributed by atoms with van der Waals surface area (Å²) in [7, 11) is 3.02. The Labute approximate surface area is 153 Å². The SMILES string of the molecule is COC(=O)c1sccc1NC(=O)CN(C)Cc1ccc(OC(F)F)cc1. The van der Waals surface area contributed by atoms with Crippen LogP contribution < -0.4 is 10.1 Å². The van der Waals surface area contributed by atoms with Crippen LogP contribution in [0.15, 0.2) is 35.7 Å². The molecule has 140 valence electrons. The van der Waals surface area contributed by atoms with Gasteiger partial charge in [0.2, 0.25) is 5.91 Å². The number of nitrogens with zero attached hydrogens (tertiary/aromatic N) is 1. The molecule has 0 saturated heterocycles. The zero-order valence-corrected chi connectivity index (χ0v) is 15.0. The first kappa shape index (κ1) is 19.8. The maximum Gasteiger partial charge on any atom is 0.387 e. The highest BCUT2D eigenvalue weighted by atomic mass is 32.1. The lowest BCUT2D eigenvalue weighted by Crippen LogP contribution is -2.30. The monoisotopic (exact) mass is 384 g/mol. The van der Waals surface area contributed by atoms with Crippen molar-refractivity contribution in [2.24, 2.45) is 0 Å². The number of rotatable bonds is 8. The van der Waals surface area contributed by atoms with E-state index in [0.29, 0.717) is 17.1 Å². The maximum atomic E-state index is 12.1. The molecular formula is C17H18F2N2O4S. The third kappa shape index (κ3) is 5.78. The highest BCUT2D eigenvalue weighted by Gasteiger charge is 2.16. The van der Waals surface area contributed by atoms with E-state index in [1.54, 1.807) is 35.5 Å². The number of methoxy groups -OCH3 is 1. The van der Waals surface area contributed by atoms with Gasteiger partial charge in [0.25, 0.3) is 0 Å². The Morgan fingerprint density at radius 2 is 1.92 bits per heavy atom. The van der Waals surface area contributed by atoms with E-state index in [1.165, 1.54) is 30.6 Å². The lowest BCUT2D eigenvalue weighted by atomic mass is 10.2. The van der Waals surface area contributed by atoms with Gasteiger partial charge in [-0.15, -0.1) is 11.3 Å². The zero-order valence-electron chi connectivity index (χ0n) is 14.2. The number of ether oxygens (including phenoxy) is 2. The van der Waals surface area contributed by atoms with E-state index < -0.39 is 12.6 Å². The molecule has 2 rings (SSSR count). The van der Waals surface area contributed by atoms with Crippen LogP contribution in [0.5, 0.6) is 5.75 Å². The summed E-state index contributed by atoms with van der Waals surface area (Å²) in [5.41, 5.74) is 1.25. The van der Waals surface area contributed by atoms with E-state index in [4.69, 9.17) is 0 Å². The summed E-state index contributed by atoms with van der Waals surface area (Å²) in [5.74, 6) is -0.708. The van der Waals surface area contributed by atoms with Crippen LogP contribution in [-0.4, -0.2) is 44.1 Å². The van der Waals surface area contributed by atoms with Crippen molar-refractivity contribution in [2.45, 2.75) is 13.2 Å². The Bertz CT molecular complexity index is 749. The van der Waals surface area contributed by atoms with Crippen molar-refractivity contribution < 1.29 is 27.8 Å². The molecule has 0 fully saturated rings. The molecule has 0 saturated carbocycles. The van der Waals surface area contributed by atoms with Crippen LogP contribution >= 0.6 is 11.3 Å². The highest BCUT2D eigenvalue weighted by Crippen LogP contribution is 2.23. The topological polar surface area (TPSA) is 67.9 Å². The number of halogens is 2. The number of nitrogens with one attached hydrogen (secondary N) is 1. The molecule has 0 bridgehead atoms. The number of amides is 1. The van der Waals surface area contributed by atoms with E-state index in [2.05, 4.69) is 14.8 Å². The second-order valence-electron chi connectivity index (χ2n) is 5.40. The molecule has 0 radical (unpaired) electrons. The Balaban J connectivity index is 1.87. The van der Waals surface area contributed by atoms with E-state index >= 15 is 0 Å². The molecule has 1 aromatic carbocycles. The Morgan fingerprint density at radius 3 is 2.54 bits per heavy atom. The number of hydrogen-bond acceptors (Lipinski definition) is 6. The van der Waals surface area contributed by atoms with Crippen molar-refractivity contribution in [1.82, 2.24) is 4.90 Å². The number of carbonyl (C=O) groups is 2. The molecule has 2 aromatic rings. The number of esters is 1. The van der Waals surface area contributed by atoms with Crippen LogP contribution in [0, 0.1) is 0 Å². The van der Waals surface area contributed by atoms with Crippen LogP contribution in [0.1, 0.15) is 15.2 Å². The van der Waals surface area contributed by atoms with Gasteiger partial charge in [-0.05, 0) is 36.2 Å². The largest absolute Gasteiger partial charge is 0.465 e. The fraction of sp³-hybridized carbons (Fsp3) is 0.294. The number of hydrogen-bond donors (Lipinski definition) is 1. The van der Waals surface area contributed by atoms with Crippen molar-refractivity contribution in [2.75, 3.05) is 26.0 Å². The van der Waals surface area contributed by atoms with Crippen molar-refractivity contribution in [3.63, 3.8) is 0 Å². The lowest BCUT2D eigenvalue weighted by Gasteiger charge is -2.16. The predicted molar refractivity (Wildman–Crippen MR) is 93.7 cm³/mol. The first-order chi connectivity index (χ1) is 12.4. The minimum atomic E-state index is -2.86. The lowest BCUT2D eigenvalue weighted by molar-refractivity contribution is -0.117. The molecule has 6 nitrogen and oxygen atoms in total. The number of benzene rings is 1. The van der Waals surface area contributed by atoms with Crippen LogP contribution in [0.3, 0.4) is 0 Å². The molecule has 26 heavy (non-hydrogen) atoms. The molecule has 9 heteroatoms. The van der Waals surface area contributed by atoms with Gasteiger partial charge in [-0.1, -0.05) is 12.1 Å². The fourth-order valence-corrected chi connectivity index (χ4v) is 3.00. The van der Waals surface area contributed by atoms with Crippen LogP contribution in [-0.2, 0) is 16.1 Å². The third-order valence-electron chi connectivity index (χ3n) is 3.32. The molecule has 1 aromatic heterocycles. The molecule has 0 atom stereocenters. The summed E-state index contributed by atoms with van der Waals surface area (Å²) >= 11 is 1.18. The smallest absolute Gasteiger partial charge is 0.387 e. The molecule has 0 aliphatic rings. The predicted octanol–water partition coefficient (Wildman–Crippen LogP) is 3.21. The van der Waals surface area contributed by atoms with E-state index in [1.807, 2.05) is 0 Å². The number of alkyl halides is 2. The van der Waals surface area contributed by atoms with Gasteiger partial charge in [0.05, 0.1) is 19.3 Å². The molecule has 0 unspecified atom stereocenters. The molecule has 0 spiro atoms. The van der Waals surface area contributed by atoms with Crippen LogP contribution in [0.4, 0.5) is 14.5 Å². The standard InChI is InChI=1S/C17H18F2N2O4S/c1-21(9-11-3-5-12(6-4-11)25-17(18)19)10-14(22)20-13-7-8-26-15(13)16(23)24-2/h3-8,17H,9-10H2,1-2H3,(H,20,22). The number of likely N-dealkylation sites (N-methyl/N-ethyl adjacent to an activating group) is 1. The van der Waals surface area contributed by atoms with Crippen molar-refractivity contribution in [3.05, 3.63) is 46.2 Å². The second kappa shape index (κ2) is 9.25. The Hall–Kier alpha value is -2.52. The van der Waals surface area contributed by atoms with Gasteiger partial charge in [0.15, 0.2) is 0 Å². The van der Waals surface area contributed by atoms with Crippen LogP contribution in [0.25, 0.3) is 0 Å². The summed E-state index contributed by atoms with van der Waals surface area (Å²) in [6, 6.07) is 7.84. The van der Waals surface area contributed by atoms with E-state index in [0.717, 1.165) is 5.56 Å². The average Bonchev–Trinajstić information content (AvgIpc) is 3.03. The Kier molecular flexibility index (Phi) is 7.05. The number of carbonyl (C=O) groups excluding carboxylic acids is 2. The van der Waals surface area contributed by atoms with Crippen molar-refractivity contribution in [1.29, 1.82) is 0 Å². The van der Waals surface area contributed by atoms with Gasteiger partial charge in [-0.3, -0.25) is 9.69 Å². The zero-order chi connectivity index (χ0) is 19.1. The molecule has 0 aliphatic carbocycles. The normalized spacial score (nSPS) is 10.8. The molecule has 1 N–H and O–H groups in total. The first-order valence-corrected chi connectivity index (χ1v) is 8.45. The van der Waals surface area contributed by atoms with Gasteiger partial charge in [-0.25, -0.2) is 4.79 Å². The second-order valence-corrected chi connectivity index (χ2v) is 6.31. The van der Waals surface area contributed by atoms with Crippen LogP contribution in [0.2, 0.25) is 0 Å². The van der Waals surface area contributed by atoms with Crippen molar-refractivity contribution >= 4 is 28.9 Å². The molecule has 1 amide bonds. The minimum absolute atomic E-state index is 0.0805. The fourth-order valence-electron chi connectivity index (χ4n) is 2.24. The minimum Gasteiger partial charge on any atom is -0.465 e. The Morgan fingerprint density at radius 1 is 1.23 bits per heavy atom. The summed E-state index contributed by atoms with van der Waals surface area (Å²) in [5, 5.41) is 4.37. The quantitative estimate of drug-likeness (QED) is 0.708. The summed E-state index contributed by atoms with van der Waals surface area (Å²) in [6.45, 7) is -2.33. The summed E-state index contributed by atoms with van der Waals surface area (Å²) in [6.07, 6.45) is 0. The van der Waals surface area contributed by atoms with E-state index in [9.17, 15) is 18.4 Å². The molecule has 1 heterocycles. The summed E-state index contributed by atoms with van der Waals surface area (Å²) < 4.78 is 33.2. The van der Waals surface area contributed by atoms with E-state index in [-0.39, 0.29) is 18.2 Å². The van der Waals surface area contributed by atoms with Gasteiger partial charge in [0, 0.05) is 6.54 Å². The molecular weight excluding hydrogens is 366 g/mol. The molecule has 0 aliphatic heterocycles. The van der Waals surface area contributed by atoms with Gasteiger partial charge in [-0.2, -0.15) is 8.78 Å². The summed E-state index contributed by atoms with van der Waals surface area (Å²) in [4.78, 5) is 25.8. The van der Waals surface area contributed by atoms with Crippen molar-refractivity contribution in [3.8, 4) is 5.75 Å².